The number of benzene rings is 2. The van der Waals surface area contributed by atoms with Gasteiger partial charge in [-0.1, -0.05) is 6.07 Å². The normalized spacial score (nSPS) is 18.8. The number of hydrogen-bond donors (Lipinski definition) is 3. The number of aromatic carboxylic acids is 2. The molecule has 0 unspecified atom stereocenters. The largest absolute Gasteiger partial charge is 0.490 e. The van der Waals surface area contributed by atoms with E-state index in [-0.39, 0.29) is 23.3 Å². The van der Waals surface area contributed by atoms with Crippen molar-refractivity contribution in [2.75, 3.05) is 4.90 Å². The molecule has 2 atom stereocenters. The van der Waals surface area contributed by atoms with Crippen molar-refractivity contribution in [3.63, 3.8) is 0 Å². The molecule has 1 aliphatic heterocycles. The number of nitrogens with one attached hydrogen (secondary N) is 1. The second-order valence-electron chi connectivity index (χ2n) is 10.1. The van der Waals surface area contributed by atoms with Gasteiger partial charge in [-0.05, 0) is 105 Å². The van der Waals surface area contributed by atoms with Crippen molar-refractivity contribution >= 4 is 35.0 Å². The van der Waals surface area contributed by atoms with Crippen molar-refractivity contribution < 1.29 is 29.0 Å². The average molecular weight is 570 g/mol. The van der Waals surface area contributed by atoms with E-state index in [0.717, 1.165) is 36.0 Å². The quantitative estimate of drug-likeness (QED) is 0.210. The van der Waals surface area contributed by atoms with E-state index in [1.54, 1.807) is 18.3 Å². The van der Waals surface area contributed by atoms with Gasteiger partial charge in [0.25, 0.3) is 0 Å². The maximum Gasteiger partial charge on any atom is 0.335 e. The Bertz CT molecular complexity index is 1570. The summed E-state index contributed by atoms with van der Waals surface area (Å²) in [7, 11) is 0. The van der Waals surface area contributed by atoms with Crippen LogP contribution in [0, 0.1) is 0 Å². The second-order valence-corrected chi connectivity index (χ2v) is 10.5. The smallest absolute Gasteiger partial charge is 0.335 e. The third-order valence-corrected chi connectivity index (χ3v) is 7.76. The van der Waals surface area contributed by atoms with E-state index in [1.165, 1.54) is 25.0 Å². The minimum Gasteiger partial charge on any atom is -0.490 e. The molecular weight excluding hydrogens is 542 g/mol. The molecule has 3 N–H and O–H groups in total. The highest BCUT2D eigenvalue weighted by atomic mass is 32.1. The first-order valence-electron chi connectivity index (χ1n) is 13.4. The molecule has 3 heterocycles. The van der Waals surface area contributed by atoms with Crippen LogP contribution in [0.4, 0.5) is 5.69 Å². The summed E-state index contributed by atoms with van der Waals surface area (Å²) in [6.45, 7) is 0. The maximum atomic E-state index is 11.7. The first kappa shape index (κ1) is 26.5. The molecule has 10 heteroatoms. The predicted molar refractivity (Wildman–Crippen MR) is 155 cm³/mol. The maximum absolute atomic E-state index is 11.7. The Hall–Kier alpha value is -4.70. The number of anilines is 1. The molecule has 2 aromatic carbocycles. The van der Waals surface area contributed by atoms with E-state index in [0.29, 0.717) is 22.2 Å². The number of furan rings is 1. The van der Waals surface area contributed by atoms with Crippen molar-refractivity contribution in [1.82, 2.24) is 10.3 Å². The molecule has 6 rings (SSSR count). The molecule has 0 bridgehead atoms. The molecule has 0 spiro atoms. The lowest BCUT2D eigenvalue weighted by molar-refractivity contribution is 0.0696. The molecule has 1 saturated carbocycles. The molecule has 2 aliphatic rings. The fourth-order valence-corrected chi connectivity index (χ4v) is 5.84. The van der Waals surface area contributed by atoms with Crippen LogP contribution in [-0.4, -0.2) is 38.4 Å². The molecule has 41 heavy (non-hydrogen) atoms. The number of nitrogens with zero attached hydrogens (tertiary/aromatic N) is 2. The van der Waals surface area contributed by atoms with Crippen LogP contribution in [0.5, 0.6) is 5.75 Å². The van der Waals surface area contributed by atoms with Crippen LogP contribution in [0.25, 0.3) is 11.3 Å². The number of carboxylic acids is 2. The standard InChI is InChI=1S/C31H27N3O6S/c35-29(36)19-15-18(16-20(17-19)30(37)38)25-12-13-26(40-25)28-27(24-7-3-4-14-32-24)33-31(41)34(28)21-8-10-23(11-9-21)39-22-5-1-2-6-22/h3-4,7-17,22,27-28H,1-2,5-6H2,(H,33,41)(H,35,36)(H,37,38)/t27-,28+/m0/s1. The number of ether oxygens (including phenoxy) is 1. The molecule has 0 amide bonds. The van der Waals surface area contributed by atoms with Crippen LogP contribution in [0.15, 0.2) is 83.4 Å². The Morgan fingerprint density at radius 1 is 0.951 bits per heavy atom. The second kappa shape index (κ2) is 11.1. The number of aromatic nitrogens is 1. The number of carboxylic acid groups (broad SMARTS) is 2. The van der Waals surface area contributed by atoms with Gasteiger partial charge < -0.3 is 29.6 Å². The topological polar surface area (TPSA) is 125 Å². The van der Waals surface area contributed by atoms with Crippen LogP contribution >= 0.6 is 12.2 Å². The van der Waals surface area contributed by atoms with Gasteiger partial charge >= 0.3 is 11.9 Å². The summed E-state index contributed by atoms with van der Waals surface area (Å²) in [6, 6.07) is 20.1. The van der Waals surface area contributed by atoms with Crippen LogP contribution in [0.3, 0.4) is 0 Å². The number of thiocarbonyl (C=S) groups is 1. The number of carbonyl (C=O) groups is 2. The third-order valence-electron chi connectivity index (χ3n) is 7.45. The highest BCUT2D eigenvalue weighted by Crippen LogP contribution is 2.43. The van der Waals surface area contributed by atoms with Crippen molar-refractivity contribution in [1.29, 1.82) is 0 Å². The summed E-state index contributed by atoms with van der Waals surface area (Å²) in [5.41, 5.74) is 1.66. The Morgan fingerprint density at radius 3 is 2.29 bits per heavy atom. The van der Waals surface area contributed by atoms with Gasteiger partial charge in [0.15, 0.2) is 5.11 Å². The van der Waals surface area contributed by atoms with Crippen LogP contribution in [-0.2, 0) is 0 Å². The lowest BCUT2D eigenvalue weighted by Crippen LogP contribution is -2.29. The Labute approximate surface area is 241 Å². The highest BCUT2D eigenvalue weighted by Gasteiger charge is 2.42. The summed E-state index contributed by atoms with van der Waals surface area (Å²) in [6.07, 6.45) is 6.49. The molecule has 2 fully saturated rings. The highest BCUT2D eigenvalue weighted by molar-refractivity contribution is 7.80. The van der Waals surface area contributed by atoms with Crippen LogP contribution in [0.2, 0.25) is 0 Å². The zero-order valence-electron chi connectivity index (χ0n) is 21.9. The van der Waals surface area contributed by atoms with E-state index >= 15 is 0 Å². The van der Waals surface area contributed by atoms with E-state index in [9.17, 15) is 19.8 Å². The van der Waals surface area contributed by atoms with Gasteiger partial charge in [-0.15, -0.1) is 0 Å². The van der Waals surface area contributed by atoms with Gasteiger partial charge in [-0.25, -0.2) is 9.59 Å². The fraction of sp³-hybridized carbons (Fsp3) is 0.226. The molecule has 1 saturated heterocycles. The van der Waals surface area contributed by atoms with E-state index < -0.39 is 18.0 Å². The number of rotatable bonds is 8. The predicted octanol–water partition coefficient (Wildman–Crippen LogP) is 6.24. The summed E-state index contributed by atoms with van der Waals surface area (Å²) >= 11 is 5.80. The summed E-state index contributed by atoms with van der Waals surface area (Å²) in [5.74, 6) is -0.763. The lowest BCUT2D eigenvalue weighted by Gasteiger charge is -2.26. The lowest BCUT2D eigenvalue weighted by atomic mass is 10.0. The minimum atomic E-state index is -1.23. The molecular formula is C31H27N3O6S. The average Bonchev–Trinajstić information content (AvgIpc) is 3.74. The summed E-state index contributed by atoms with van der Waals surface area (Å²) in [4.78, 5) is 29.8. The molecule has 208 valence electrons. The number of pyridine rings is 1. The van der Waals surface area contributed by atoms with Gasteiger partial charge in [0.05, 0.1) is 29.0 Å². The summed E-state index contributed by atoms with van der Waals surface area (Å²) in [5, 5.41) is 22.9. The molecule has 1 aliphatic carbocycles. The SMILES string of the molecule is O=C(O)c1cc(C(=O)O)cc(-c2ccc([C@@H]3[C@H](c4ccccn4)NC(=S)N3c3ccc(OC4CCCC4)cc3)o2)c1. The van der Waals surface area contributed by atoms with E-state index in [1.807, 2.05) is 47.4 Å². The van der Waals surface area contributed by atoms with Crippen LogP contribution in [0.1, 0.15) is 69.9 Å². The van der Waals surface area contributed by atoms with Gasteiger partial charge in [-0.3, -0.25) is 4.98 Å². The Balaban J connectivity index is 1.37. The van der Waals surface area contributed by atoms with E-state index in [2.05, 4.69) is 10.3 Å². The first-order chi connectivity index (χ1) is 19.9. The monoisotopic (exact) mass is 569 g/mol. The first-order valence-corrected chi connectivity index (χ1v) is 13.8. The molecule has 2 aromatic heterocycles. The Kier molecular flexibility index (Phi) is 7.15. The van der Waals surface area contributed by atoms with E-state index in [4.69, 9.17) is 21.4 Å². The fourth-order valence-electron chi connectivity index (χ4n) is 5.49. The molecule has 9 nitrogen and oxygen atoms in total. The zero-order chi connectivity index (χ0) is 28.5. The van der Waals surface area contributed by atoms with Crippen molar-refractivity contribution in [3.8, 4) is 17.1 Å². The third kappa shape index (κ3) is 5.38. The van der Waals surface area contributed by atoms with Gasteiger partial charge in [0.1, 0.15) is 23.3 Å². The van der Waals surface area contributed by atoms with Crippen molar-refractivity contribution in [3.05, 3.63) is 102 Å². The summed E-state index contributed by atoms with van der Waals surface area (Å²) < 4.78 is 12.5. The Morgan fingerprint density at radius 2 is 1.66 bits per heavy atom. The van der Waals surface area contributed by atoms with Gasteiger partial charge in [-0.2, -0.15) is 0 Å². The molecule has 4 aromatic rings. The zero-order valence-corrected chi connectivity index (χ0v) is 22.7. The minimum absolute atomic E-state index is 0.144. The molecule has 0 radical (unpaired) electrons. The van der Waals surface area contributed by atoms with Crippen molar-refractivity contribution in [2.24, 2.45) is 0 Å². The van der Waals surface area contributed by atoms with Crippen LogP contribution < -0.4 is 15.0 Å². The van der Waals surface area contributed by atoms with Gasteiger partial charge in [0, 0.05) is 17.4 Å². The number of hydrogen-bond acceptors (Lipinski definition) is 6. The van der Waals surface area contributed by atoms with Gasteiger partial charge in [0.2, 0.25) is 0 Å². The van der Waals surface area contributed by atoms with Crippen molar-refractivity contribution in [2.45, 2.75) is 43.9 Å².